The summed E-state index contributed by atoms with van der Waals surface area (Å²) in [6.45, 7) is 0. The van der Waals surface area contributed by atoms with Crippen LogP contribution in [0.5, 0.6) is 0 Å². The third-order valence-electron chi connectivity index (χ3n) is 1.55. The number of aldehydes is 1. The number of hydrogen-bond donors (Lipinski definition) is 0. The highest BCUT2D eigenvalue weighted by molar-refractivity contribution is 5.99. The fourth-order valence-electron chi connectivity index (χ4n) is 0.888. The summed E-state index contributed by atoms with van der Waals surface area (Å²) in [7, 11) is 3.53. The first-order valence-corrected chi connectivity index (χ1v) is 4.29. The van der Waals surface area contributed by atoms with Crippen LogP contribution in [0, 0.1) is 0 Å². The van der Waals surface area contributed by atoms with Gasteiger partial charge in [0.05, 0.1) is 6.34 Å². The van der Waals surface area contributed by atoms with Gasteiger partial charge in [-0.1, -0.05) is 0 Å². The molecule has 0 saturated carbocycles. The molecule has 1 aromatic heterocycles. The fraction of sp³-hybridized carbons (Fsp3) is 0.200. The van der Waals surface area contributed by atoms with Gasteiger partial charge in [-0.25, -0.2) is 0 Å². The number of aromatic nitrogens is 1. The highest BCUT2D eigenvalue weighted by Gasteiger charge is 2.04. The normalized spacial score (nSPS) is 10.3. The third-order valence-corrected chi connectivity index (χ3v) is 1.55. The lowest BCUT2D eigenvalue weighted by Crippen LogP contribution is -2.10. The molecule has 1 rings (SSSR count). The molecule has 0 fully saturated rings. The Morgan fingerprint density at radius 3 is 2.87 bits per heavy atom. The Kier molecular flexibility index (Phi) is 3.68. The van der Waals surface area contributed by atoms with Gasteiger partial charge < -0.3 is 4.90 Å². The Hall–Kier alpha value is -2.04. The molecular formula is C10H11N3O2. The van der Waals surface area contributed by atoms with E-state index in [2.05, 4.69) is 9.98 Å². The van der Waals surface area contributed by atoms with E-state index in [0.29, 0.717) is 11.8 Å². The van der Waals surface area contributed by atoms with Crippen LogP contribution in [0.4, 0.5) is 0 Å². The van der Waals surface area contributed by atoms with Gasteiger partial charge in [-0.2, -0.15) is 4.99 Å². The van der Waals surface area contributed by atoms with Gasteiger partial charge in [0.25, 0.3) is 5.91 Å². The Bertz CT molecular complexity index is 399. The molecule has 0 radical (unpaired) electrons. The zero-order chi connectivity index (χ0) is 11.3. The topological polar surface area (TPSA) is 62.6 Å². The average Bonchev–Trinajstić information content (AvgIpc) is 2.26. The molecule has 1 heterocycles. The van der Waals surface area contributed by atoms with Crippen molar-refractivity contribution in [3.8, 4) is 0 Å². The summed E-state index contributed by atoms with van der Waals surface area (Å²) in [6.07, 6.45) is 3.40. The van der Waals surface area contributed by atoms with Crippen LogP contribution in [0.25, 0.3) is 0 Å². The number of carbonyl (C=O) groups is 2. The first-order valence-electron chi connectivity index (χ1n) is 4.29. The maximum Gasteiger partial charge on any atom is 0.278 e. The van der Waals surface area contributed by atoms with Gasteiger partial charge in [0, 0.05) is 25.9 Å². The molecule has 0 aliphatic carbocycles. The average molecular weight is 205 g/mol. The second kappa shape index (κ2) is 4.99. The molecule has 0 aliphatic rings. The molecule has 0 spiro atoms. The van der Waals surface area contributed by atoms with Gasteiger partial charge >= 0.3 is 0 Å². The minimum atomic E-state index is -0.394. The van der Waals surface area contributed by atoms with E-state index in [1.165, 1.54) is 24.7 Å². The van der Waals surface area contributed by atoms with Gasteiger partial charge in [0.1, 0.15) is 5.69 Å². The Balaban J connectivity index is 2.86. The first kappa shape index (κ1) is 11.0. The van der Waals surface area contributed by atoms with Crippen molar-refractivity contribution in [1.82, 2.24) is 9.88 Å². The van der Waals surface area contributed by atoms with E-state index in [1.54, 1.807) is 19.0 Å². The minimum Gasteiger partial charge on any atom is -0.369 e. The van der Waals surface area contributed by atoms with Crippen LogP contribution in [0.15, 0.2) is 23.3 Å². The SMILES string of the molecule is CN(C)/C=N/C(=O)c1ccnc(C=O)c1. The molecule has 5 nitrogen and oxygen atoms in total. The molecule has 0 saturated heterocycles. The van der Waals surface area contributed by atoms with E-state index in [4.69, 9.17) is 0 Å². The van der Waals surface area contributed by atoms with Crippen LogP contribution in [0.1, 0.15) is 20.8 Å². The largest absolute Gasteiger partial charge is 0.369 e. The zero-order valence-electron chi connectivity index (χ0n) is 8.54. The molecule has 0 N–H and O–H groups in total. The summed E-state index contributed by atoms with van der Waals surface area (Å²) in [5, 5.41) is 0. The molecule has 5 heteroatoms. The number of aliphatic imine (C=N–C) groups is 1. The Morgan fingerprint density at radius 1 is 1.53 bits per heavy atom. The number of carbonyl (C=O) groups excluding carboxylic acids is 2. The molecule has 1 aromatic rings. The van der Waals surface area contributed by atoms with Crippen molar-refractivity contribution >= 4 is 18.5 Å². The summed E-state index contributed by atoms with van der Waals surface area (Å²) >= 11 is 0. The molecule has 0 aliphatic heterocycles. The third kappa shape index (κ3) is 3.30. The summed E-state index contributed by atoms with van der Waals surface area (Å²) in [5.74, 6) is -0.394. The monoisotopic (exact) mass is 205 g/mol. The number of pyridine rings is 1. The smallest absolute Gasteiger partial charge is 0.278 e. The second-order valence-corrected chi connectivity index (χ2v) is 3.10. The number of hydrogen-bond acceptors (Lipinski definition) is 3. The second-order valence-electron chi connectivity index (χ2n) is 3.10. The molecule has 0 bridgehead atoms. The van der Waals surface area contributed by atoms with Crippen molar-refractivity contribution < 1.29 is 9.59 Å². The van der Waals surface area contributed by atoms with Crippen molar-refractivity contribution in [1.29, 1.82) is 0 Å². The lowest BCUT2D eigenvalue weighted by molar-refractivity contribution is 0.100. The van der Waals surface area contributed by atoms with E-state index in [9.17, 15) is 9.59 Å². The fourth-order valence-corrected chi connectivity index (χ4v) is 0.888. The lowest BCUT2D eigenvalue weighted by atomic mass is 10.2. The predicted molar refractivity (Wildman–Crippen MR) is 56.1 cm³/mol. The van der Waals surface area contributed by atoms with E-state index in [0.717, 1.165) is 0 Å². The summed E-state index contributed by atoms with van der Waals surface area (Å²) < 4.78 is 0. The minimum absolute atomic E-state index is 0.223. The molecule has 0 unspecified atom stereocenters. The van der Waals surface area contributed by atoms with E-state index < -0.39 is 5.91 Å². The number of amides is 1. The highest BCUT2D eigenvalue weighted by atomic mass is 16.1. The standard InChI is InChI=1S/C10H11N3O2/c1-13(2)7-12-10(15)8-3-4-11-9(5-8)6-14/h3-7H,1-2H3/b12-7+. The van der Waals surface area contributed by atoms with Crippen molar-refractivity contribution in [3.63, 3.8) is 0 Å². The number of nitrogens with zero attached hydrogens (tertiary/aromatic N) is 3. The Morgan fingerprint density at radius 2 is 2.27 bits per heavy atom. The molecule has 0 atom stereocenters. The maximum atomic E-state index is 11.4. The van der Waals surface area contributed by atoms with Gasteiger partial charge in [-0.15, -0.1) is 0 Å². The zero-order valence-corrected chi connectivity index (χ0v) is 8.54. The quantitative estimate of drug-likeness (QED) is 0.412. The molecule has 78 valence electrons. The lowest BCUT2D eigenvalue weighted by Gasteiger charge is -2.01. The van der Waals surface area contributed by atoms with Crippen molar-refractivity contribution in [2.75, 3.05) is 14.1 Å². The van der Waals surface area contributed by atoms with E-state index in [-0.39, 0.29) is 5.69 Å². The number of rotatable bonds is 3. The van der Waals surface area contributed by atoms with Crippen molar-refractivity contribution in [2.24, 2.45) is 4.99 Å². The van der Waals surface area contributed by atoms with Gasteiger partial charge in [-0.05, 0) is 12.1 Å². The highest BCUT2D eigenvalue weighted by Crippen LogP contribution is 2.01. The van der Waals surface area contributed by atoms with Crippen molar-refractivity contribution in [3.05, 3.63) is 29.6 Å². The summed E-state index contributed by atoms with van der Waals surface area (Å²) in [5.41, 5.74) is 0.575. The van der Waals surface area contributed by atoms with Crippen molar-refractivity contribution in [2.45, 2.75) is 0 Å². The van der Waals surface area contributed by atoms with E-state index in [1.807, 2.05) is 0 Å². The van der Waals surface area contributed by atoms with E-state index >= 15 is 0 Å². The van der Waals surface area contributed by atoms with Crippen LogP contribution in [0.2, 0.25) is 0 Å². The summed E-state index contributed by atoms with van der Waals surface area (Å²) in [4.78, 5) is 31.0. The van der Waals surface area contributed by atoms with Gasteiger partial charge in [0.15, 0.2) is 6.29 Å². The maximum absolute atomic E-state index is 11.4. The molecular weight excluding hydrogens is 194 g/mol. The summed E-state index contributed by atoms with van der Waals surface area (Å²) in [6, 6.07) is 2.92. The first-order chi connectivity index (χ1) is 7.13. The van der Waals surface area contributed by atoms with Gasteiger partial charge in [0.2, 0.25) is 0 Å². The Labute approximate surface area is 87.5 Å². The molecule has 15 heavy (non-hydrogen) atoms. The van der Waals surface area contributed by atoms with Crippen LogP contribution in [-0.4, -0.2) is 42.5 Å². The van der Waals surface area contributed by atoms with Crippen LogP contribution in [-0.2, 0) is 0 Å². The van der Waals surface area contributed by atoms with Crippen LogP contribution >= 0.6 is 0 Å². The molecule has 1 amide bonds. The molecule has 0 aromatic carbocycles. The van der Waals surface area contributed by atoms with Crippen LogP contribution < -0.4 is 0 Å². The predicted octanol–water partition coefficient (Wildman–Crippen LogP) is 0.624. The van der Waals surface area contributed by atoms with Gasteiger partial charge in [-0.3, -0.25) is 14.6 Å². The van der Waals surface area contributed by atoms with Crippen LogP contribution in [0.3, 0.4) is 0 Å².